The molecule has 2 aromatic rings. The lowest BCUT2D eigenvalue weighted by molar-refractivity contribution is -0.120. The molecule has 1 atom stereocenters. The standard InChI is InChI=1S/C24H33N3O3S/c1-18-8-13-23(19(2)16-18)27(31(4,29)30)17-24(28)25-20(3)21-9-11-22(12-10-21)26-14-6-5-7-15-26/h8-13,16,20H,5-7,14-15,17H2,1-4H3,(H,25,28). The molecule has 0 bridgehead atoms. The molecule has 1 heterocycles. The van der Waals surface area contributed by atoms with Gasteiger partial charge in [0.05, 0.1) is 18.0 Å². The van der Waals surface area contributed by atoms with Crippen LogP contribution in [0.25, 0.3) is 0 Å². The maximum absolute atomic E-state index is 12.7. The Balaban J connectivity index is 1.67. The summed E-state index contributed by atoms with van der Waals surface area (Å²) < 4.78 is 25.9. The van der Waals surface area contributed by atoms with E-state index in [-0.39, 0.29) is 18.5 Å². The largest absolute Gasteiger partial charge is 0.372 e. The van der Waals surface area contributed by atoms with Gasteiger partial charge in [-0.15, -0.1) is 0 Å². The highest BCUT2D eigenvalue weighted by Crippen LogP contribution is 2.24. The van der Waals surface area contributed by atoms with Crippen LogP contribution in [0.1, 0.15) is 48.9 Å². The van der Waals surface area contributed by atoms with Crippen molar-refractivity contribution in [2.24, 2.45) is 0 Å². The average Bonchev–Trinajstić information content (AvgIpc) is 2.72. The number of piperidine rings is 1. The van der Waals surface area contributed by atoms with Gasteiger partial charge in [-0.3, -0.25) is 9.10 Å². The number of carbonyl (C=O) groups excluding carboxylic acids is 1. The van der Waals surface area contributed by atoms with Gasteiger partial charge in [-0.25, -0.2) is 8.42 Å². The number of sulfonamides is 1. The van der Waals surface area contributed by atoms with Crippen LogP contribution in [0.3, 0.4) is 0 Å². The first kappa shape index (κ1) is 23.1. The Bertz CT molecular complexity index is 1010. The first-order valence-electron chi connectivity index (χ1n) is 10.8. The molecule has 3 rings (SSSR count). The summed E-state index contributed by atoms with van der Waals surface area (Å²) in [7, 11) is -3.60. The van der Waals surface area contributed by atoms with Gasteiger partial charge in [-0.2, -0.15) is 0 Å². The van der Waals surface area contributed by atoms with Gasteiger partial charge in [0.15, 0.2) is 0 Å². The van der Waals surface area contributed by atoms with Crippen molar-refractivity contribution < 1.29 is 13.2 Å². The second-order valence-electron chi connectivity index (χ2n) is 8.49. The molecule has 0 radical (unpaired) electrons. The minimum atomic E-state index is -3.60. The van der Waals surface area contributed by atoms with Gasteiger partial charge in [0, 0.05) is 18.8 Å². The third-order valence-electron chi connectivity index (χ3n) is 5.80. The Morgan fingerprint density at radius 3 is 2.29 bits per heavy atom. The van der Waals surface area contributed by atoms with E-state index in [1.54, 1.807) is 6.07 Å². The summed E-state index contributed by atoms with van der Waals surface area (Å²) in [6.45, 7) is 7.64. The summed E-state index contributed by atoms with van der Waals surface area (Å²) in [4.78, 5) is 15.1. The van der Waals surface area contributed by atoms with E-state index in [0.717, 1.165) is 36.0 Å². The first-order chi connectivity index (χ1) is 14.6. The summed E-state index contributed by atoms with van der Waals surface area (Å²) in [5.74, 6) is -0.335. The van der Waals surface area contributed by atoms with Crippen LogP contribution in [0.15, 0.2) is 42.5 Å². The maximum atomic E-state index is 12.7. The molecule has 0 aromatic heterocycles. The number of hydrogen-bond donors (Lipinski definition) is 1. The van der Waals surface area contributed by atoms with Gasteiger partial charge in [-0.05, 0) is 69.4 Å². The van der Waals surface area contributed by atoms with Crippen LogP contribution in [0.2, 0.25) is 0 Å². The van der Waals surface area contributed by atoms with Crippen molar-refractivity contribution in [3.63, 3.8) is 0 Å². The lowest BCUT2D eigenvalue weighted by Gasteiger charge is -2.29. The third kappa shape index (κ3) is 6.00. The fraction of sp³-hybridized carbons (Fsp3) is 0.458. The maximum Gasteiger partial charge on any atom is 0.241 e. The van der Waals surface area contributed by atoms with Crippen molar-refractivity contribution in [2.45, 2.75) is 46.1 Å². The molecule has 1 saturated heterocycles. The number of aryl methyl sites for hydroxylation is 2. The van der Waals surface area contributed by atoms with E-state index in [9.17, 15) is 13.2 Å². The predicted molar refractivity (Wildman–Crippen MR) is 127 cm³/mol. The quantitative estimate of drug-likeness (QED) is 0.704. The highest BCUT2D eigenvalue weighted by molar-refractivity contribution is 7.92. The Morgan fingerprint density at radius 2 is 1.71 bits per heavy atom. The van der Waals surface area contributed by atoms with Gasteiger partial charge in [0.1, 0.15) is 6.54 Å². The molecule has 0 aliphatic carbocycles. The summed E-state index contributed by atoms with van der Waals surface area (Å²) >= 11 is 0. The fourth-order valence-electron chi connectivity index (χ4n) is 4.09. The van der Waals surface area contributed by atoms with E-state index in [2.05, 4.69) is 22.3 Å². The highest BCUT2D eigenvalue weighted by Gasteiger charge is 2.23. The number of nitrogens with one attached hydrogen (secondary N) is 1. The number of rotatable bonds is 7. The number of amides is 1. The molecule has 168 valence electrons. The van der Waals surface area contributed by atoms with Gasteiger partial charge < -0.3 is 10.2 Å². The molecule has 1 N–H and O–H groups in total. The van der Waals surface area contributed by atoms with Gasteiger partial charge in [0.2, 0.25) is 15.9 Å². The SMILES string of the molecule is Cc1ccc(N(CC(=O)NC(C)c2ccc(N3CCCCC3)cc2)S(C)(=O)=O)c(C)c1. The molecule has 31 heavy (non-hydrogen) atoms. The summed E-state index contributed by atoms with van der Waals surface area (Å²) in [5, 5.41) is 2.94. The van der Waals surface area contributed by atoms with Crippen molar-refractivity contribution in [1.29, 1.82) is 0 Å². The Kier molecular flexibility index (Phi) is 7.26. The normalized spacial score (nSPS) is 15.4. The monoisotopic (exact) mass is 443 g/mol. The Morgan fingerprint density at radius 1 is 1.06 bits per heavy atom. The van der Waals surface area contributed by atoms with E-state index in [1.807, 2.05) is 45.0 Å². The van der Waals surface area contributed by atoms with Gasteiger partial charge in [-0.1, -0.05) is 29.8 Å². The topological polar surface area (TPSA) is 69.7 Å². The highest BCUT2D eigenvalue weighted by atomic mass is 32.2. The third-order valence-corrected chi connectivity index (χ3v) is 6.93. The van der Waals surface area contributed by atoms with Crippen LogP contribution < -0.4 is 14.5 Å². The zero-order chi connectivity index (χ0) is 22.6. The molecule has 1 unspecified atom stereocenters. The Hall–Kier alpha value is -2.54. The van der Waals surface area contributed by atoms with Crippen molar-refractivity contribution in [3.8, 4) is 0 Å². The molecule has 2 aromatic carbocycles. The second kappa shape index (κ2) is 9.73. The van der Waals surface area contributed by atoms with E-state index in [4.69, 9.17) is 0 Å². The fourth-order valence-corrected chi connectivity index (χ4v) is 5.01. The zero-order valence-electron chi connectivity index (χ0n) is 18.9. The summed E-state index contributed by atoms with van der Waals surface area (Å²) in [6.07, 6.45) is 4.88. The van der Waals surface area contributed by atoms with Crippen LogP contribution in [0, 0.1) is 13.8 Å². The van der Waals surface area contributed by atoms with Crippen LogP contribution in [0.5, 0.6) is 0 Å². The van der Waals surface area contributed by atoms with E-state index in [0.29, 0.717) is 5.69 Å². The van der Waals surface area contributed by atoms with Crippen LogP contribution in [0.4, 0.5) is 11.4 Å². The molecular formula is C24H33N3O3S. The molecule has 1 fully saturated rings. The molecular weight excluding hydrogens is 410 g/mol. The number of nitrogens with zero attached hydrogens (tertiary/aromatic N) is 2. The van der Waals surface area contributed by atoms with Crippen molar-refractivity contribution in [2.75, 3.05) is 35.1 Å². The molecule has 1 aliphatic rings. The van der Waals surface area contributed by atoms with Gasteiger partial charge in [0.25, 0.3) is 0 Å². The molecule has 0 saturated carbocycles. The second-order valence-corrected chi connectivity index (χ2v) is 10.4. The molecule has 6 nitrogen and oxygen atoms in total. The van der Waals surface area contributed by atoms with Crippen LogP contribution >= 0.6 is 0 Å². The average molecular weight is 444 g/mol. The van der Waals surface area contributed by atoms with E-state index >= 15 is 0 Å². The molecule has 0 spiro atoms. The van der Waals surface area contributed by atoms with Crippen molar-refractivity contribution >= 4 is 27.3 Å². The van der Waals surface area contributed by atoms with Crippen LogP contribution in [-0.4, -0.2) is 40.2 Å². The first-order valence-corrected chi connectivity index (χ1v) is 12.7. The minimum Gasteiger partial charge on any atom is -0.372 e. The number of hydrogen-bond acceptors (Lipinski definition) is 4. The number of benzene rings is 2. The van der Waals surface area contributed by atoms with Crippen molar-refractivity contribution in [1.82, 2.24) is 5.32 Å². The van der Waals surface area contributed by atoms with E-state index < -0.39 is 10.0 Å². The number of carbonyl (C=O) groups is 1. The minimum absolute atomic E-state index is 0.219. The molecule has 1 aliphatic heterocycles. The predicted octanol–water partition coefficient (Wildman–Crippen LogP) is 3.94. The van der Waals surface area contributed by atoms with Crippen LogP contribution in [-0.2, 0) is 14.8 Å². The summed E-state index contributed by atoms with van der Waals surface area (Å²) in [6, 6.07) is 13.6. The summed E-state index contributed by atoms with van der Waals surface area (Å²) in [5.41, 5.74) is 4.59. The lowest BCUT2D eigenvalue weighted by Crippen LogP contribution is -2.41. The molecule has 7 heteroatoms. The zero-order valence-corrected chi connectivity index (χ0v) is 19.7. The van der Waals surface area contributed by atoms with Crippen molar-refractivity contribution in [3.05, 3.63) is 59.2 Å². The van der Waals surface area contributed by atoms with E-state index in [1.165, 1.54) is 29.3 Å². The Labute approximate surface area is 186 Å². The molecule has 1 amide bonds. The number of anilines is 2. The van der Waals surface area contributed by atoms with Gasteiger partial charge >= 0.3 is 0 Å². The smallest absolute Gasteiger partial charge is 0.241 e. The lowest BCUT2D eigenvalue weighted by atomic mass is 10.1.